The quantitative estimate of drug-likeness (QED) is 0.763. The van der Waals surface area contributed by atoms with E-state index >= 15 is 0 Å². The van der Waals surface area contributed by atoms with Crippen LogP contribution >= 0.6 is 0 Å². The zero-order chi connectivity index (χ0) is 9.97. The smallest absolute Gasteiger partial charge is 0.181 e. The molecule has 0 aliphatic carbocycles. The first kappa shape index (κ1) is 8.90. The third-order valence-corrected chi connectivity index (χ3v) is 2.05. The lowest BCUT2D eigenvalue weighted by molar-refractivity contribution is 0.768. The van der Waals surface area contributed by atoms with E-state index in [1.165, 1.54) is 0 Å². The van der Waals surface area contributed by atoms with Crippen LogP contribution in [0.15, 0.2) is 30.6 Å². The van der Waals surface area contributed by atoms with E-state index in [0.29, 0.717) is 6.54 Å². The summed E-state index contributed by atoms with van der Waals surface area (Å²) in [7, 11) is 1.85. The van der Waals surface area contributed by atoms with Crippen molar-refractivity contribution < 1.29 is 0 Å². The Bertz CT molecular complexity index is 416. The van der Waals surface area contributed by atoms with Crippen LogP contribution in [-0.2, 0) is 13.6 Å². The second kappa shape index (κ2) is 3.59. The van der Waals surface area contributed by atoms with Crippen molar-refractivity contribution in [3.63, 3.8) is 0 Å². The monoisotopic (exact) mass is 188 g/mol. The van der Waals surface area contributed by atoms with Crippen molar-refractivity contribution in [1.82, 2.24) is 14.8 Å². The van der Waals surface area contributed by atoms with Gasteiger partial charge in [0.05, 0.1) is 0 Å². The molecule has 0 atom stereocenters. The molecule has 0 saturated carbocycles. The summed E-state index contributed by atoms with van der Waals surface area (Å²) in [5.41, 5.74) is 7.64. The van der Waals surface area contributed by atoms with Gasteiger partial charge in [0.1, 0.15) is 6.33 Å². The van der Waals surface area contributed by atoms with Crippen LogP contribution in [0.3, 0.4) is 0 Å². The molecule has 4 heteroatoms. The summed E-state index contributed by atoms with van der Waals surface area (Å²) in [6, 6.07) is 7.95. The molecule has 1 aromatic heterocycles. The van der Waals surface area contributed by atoms with Gasteiger partial charge in [-0.05, 0) is 5.56 Å². The molecule has 0 fully saturated rings. The highest BCUT2D eigenvalue weighted by Crippen LogP contribution is 2.14. The van der Waals surface area contributed by atoms with Gasteiger partial charge in [-0.15, -0.1) is 0 Å². The lowest BCUT2D eigenvalue weighted by Gasteiger charge is -1.97. The Labute approximate surface area is 82.4 Å². The Morgan fingerprint density at radius 2 is 2.00 bits per heavy atom. The third-order valence-electron chi connectivity index (χ3n) is 2.05. The highest BCUT2D eigenvalue weighted by atomic mass is 15.3. The second-order valence-electron chi connectivity index (χ2n) is 3.14. The van der Waals surface area contributed by atoms with Crippen LogP contribution in [0.4, 0.5) is 0 Å². The molecule has 0 aliphatic rings. The van der Waals surface area contributed by atoms with Crippen LogP contribution in [0.5, 0.6) is 0 Å². The lowest BCUT2D eigenvalue weighted by Crippen LogP contribution is -1.95. The first-order chi connectivity index (χ1) is 6.79. The second-order valence-corrected chi connectivity index (χ2v) is 3.14. The normalized spacial score (nSPS) is 10.4. The number of hydrogen-bond donors (Lipinski definition) is 1. The fraction of sp³-hybridized carbons (Fsp3) is 0.200. The first-order valence-corrected chi connectivity index (χ1v) is 4.44. The molecule has 0 bridgehead atoms. The van der Waals surface area contributed by atoms with Crippen LogP contribution in [0, 0.1) is 0 Å². The van der Waals surface area contributed by atoms with E-state index < -0.39 is 0 Å². The zero-order valence-electron chi connectivity index (χ0n) is 8.01. The SMILES string of the molecule is Cn1cnc(-c2ccc(CN)cc2)n1. The van der Waals surface area contributed by atoms with Crippen LogP contribution in [0.1, 0.15) is 5.56 Å². The molecule has 2 aromatic rings. The maximum Gasteiger partial charge on any atom is 0.181 e. The Balaban J connectivity index is 2.33. The first-order valence-electron chi connectivity index (χ1n) is 4.44. The van der Waals surface area contributed by atoms with Crippen LogP contribution < -0.4 is 5.73 Å². The van der Waals surface area contributed by atoms with Gasteiger partial charge in [0, 0.05) is 19.2 Å². The summed E-state index contributed by atoms with van der Waals surface area (Å²) in [5, 5.41) is 4.21. The third kappa shape index (κ3) is 1.65. The molecule has 0 unspecified atom stereocenters. The van der Waals surface area contributed by atoms with Gasteiger partial charge in [-0.25, -0.2) is 4.98 Å². The Morgan fingerprint density at radius 1 is 1.29 bits per heavy atom. The maximum absolute atomic E-state index is 5.51. The van der Waals surface area contributed by atoms with Gasteiger partial charge in [0.25, 0.3) is 0 Å². The molecule has 14 heavy (non-hydrogen) atoms. The molecule has 1 heterocycles. The van der Waals surface area contributed by atoms with Crippen molar-refractivity contribution in [1.29, 1.82) is 0 Å². The highest BCUT2D eigenvalue weighted by Gasteiger charge is 2.01. The van der Waals surface area contributed by atoms with E-state index in [-0.39, 0.29) is 0 Å². The van der Waals surface area contributed by atoms with Crippen molar-refractivity contribution in [3.05, 3.63) is 36.2 Å². The van der Waals surface area contributed by atoms with Gasteiger partial charge in [0.15, 0.2) is 5.82 Å². The molecule has 2 N–H and O–H groups in total. The van der Waals surface area contributed by atoms with Crippen LogP contribution in [0.2, 0.25) is 0 Å². The minimum absolute atomic E-state index is 0.565. The van der Waals surface area contributed by atoms with E-state index in [1.807, 2.05) is 31.3 Å². The standard InChI is InChI=1S/C10H12N4/c1-14-7-12-10(13-14)9-4-2-8(6-11)3-5-9/h2-5,7H,6,11H2,1H3. The van der Waals surface area contributed by atoms with Crippen molar-refractivity contribution in [2.45, 2.75) is 6.54 Å². The molecule has 1 aromatic carbocycles. The molecule has 0 saturated heterocycles. The number of nitrogens with two attached hydrogens (primary N) is 1. The summed E-state index contributed by atoms with van der Waals surface area (Å²) in [5.74, 6) is 0.746. The average Bonchev–Trinajstić information content (AvgIpc) is 2.65. The molecule has 2 rings (SSSR count). The van der Waals surface area contributed by atoms with Crippen LogP contribution in [-0.4, -0.2) is 14.8 Å². The number of aryl methyl sites for hydroxylation is 1. The lowest BCUT2D eigenvalue weighted by atomic mass is 10.1. The van der Waals surface area contributed by atoms with Gasteiger partial charge >= 0.3 is 0 Å². The van der Waals surface area contributed by atoms with E-state index in [0.717, 1.165) is 17.0 Å². The predicted molar refractivity (Wildman–Crippen MR) is 54.3 cm³/mol. The van der Waals surface area contributed by atoms with Crippen molar-refractivity contribution >= 4 is 0 Å². The molecule has 0 radical (unpaired) electrons. The van der Waals surface area contributed by atoms with Crippen molar-refractivity contribution in [3.8, 4) is 11.4 Å². The van der Waals surface area contributed by atoms with Gasteiger partial charge in [-0.1, -0.05) is 24.3 Å². The fourth-order valence-corrected chi connectivity index (χ4v) is 1.26. The molecule has 72 valence electrons. The van der Waals surface area contributed by atoms with Gasteiger partial charge in [0.2, 0.25) is 0 Å². The van der Waals surface area contributed by atoms with E-state index in [4.69, 9.17) is 5.73 Å². The largest absolute Gasteiger partial charge is 0.326 e. The molecular formula is C10H12N4. The molecule has 0 spiro atoms. The van der Waals surface area contributed by atoms with E-state index in [9.17, 15) is 0 Å². The molecular weight excluding hydrogens is 176 g/mol. The topological polar surface area (TPSA) is 56.7 Å². The predicted octanol–water partition coefficient (Wildman–Crippen LogP) is 0.941. The highest BCUT2D eigenvalue weighted by molar-refractivity contribution is 5.54. The molecule has 0 aliphatic heterocycles. The van der Waals surface area contributed by atoms with Crippen molar-refractivity contribution in [2.24, 2.45) is 12.8 Å². The maximum atomic E-state index is 5.51. The summed E-state index contributed by atoms with van der Waals surface area (Å²) >= 11 is 0. The summed E-state index contributed by atoms with van der Waals surface area (Å²) < 4.78 is 1.69. The minimum atomic E-state index is 0.565. The fourth-order valence-electron chi connectivity index (χ4n) is 1.26. The Morgan fingerprint density at radius 3 is 2.50 bits per heavy atom. The van der Waals surface area contributed by atoms with E-state index in [1.54, 1.807) is 11.0 Å². The van der Waals surface area contributed by atoms with Gasteiger partial charge < -0.3 is 5.73 Å². The Kier molecular flexibility index (Phi) is 2.28. The number of benzene rings is 1. The zero-order valence-corrected chi connectivity index (χ0v) is 8.01. The number of hydrogen-bond acceptors (Lipinski definition) is 3. The van der Waals surface area contributed by atoms with Crippen LogP contribution in [0.25, 0.3) is 11.4 Å². The summed E-state index contributed by atoms with van der Waals surface area (Å²) in [4.78, 5) is 4.16. The number of aromatic nitrogens is 3. The Hall–Kier alpha value is -1.68. The summed E-state index contributed by atoms with van der Waals surface area (Å²) in [6.07, 6.45) is 1.69. The van der Waals surface area contributed by atoms with Gasteiger partial charge in [-0.2, -0.15) is 5.10 Å². The number of rotatable bonds is 2. The minimum Gasteiger partial charge on any atom is -0.326 e. The average molecular weight is 188 g/mol. The van der Waals surface area contributed by atoms with Gasteiger partial charge in [-0.3, -0.25) is 4.68 Å². The van der Waals surface area contributed by atoms with Crippen molar-refractivity contribution in [2.75, 3.05) is 0 Å². The molecule has 4 nitrogen and oxygen atoms in total. The summed E-state index contributed by atoms with van der Waals surface area (Å²) in [6.45, 7) is 0.565. The van der Waals surface area contributed by atoms with E-state index in [2.05, 4.69) is 10.1 Å². The molecule has 0 amide bonds. The number of nitrogens with zero attached hydrogens (tertiary/aromatic N) is 3.